The third-order valence-electron chi connectivity index (χ3n) is 3.46. The number of rotatable bonds is 6. The molecule has 1 atom stereocenters. The van der Waals surface area contributed by atoms with Crippen molar-refractivity contribution in [3.8, 4) is 5.75 Å². The summed E-state index contributed by atoms with van der Waals surface area (Å²) in [6, 6.07) is 13.3. The molecule has 0 amide bonds. The SMILES string of the molecule is C[C@H](CCc1ccc(O)cc1)NCc1ccc(Cl)cc1Cl. The molecule has 2 rings (SSSR count). The fourth-order valence-electron chi connectivity index (χ4n) is 2.10. The molecule has 0 aliphatic carbocycles. The van der Waals surface area contributed by atoms with Crippen molar-refractivity contribution in [3.63, 3.8) is 0 Å². The second-order valence-corrected chi connectivity index (χ2v) is 6.07. The van der Waals surface area contributed by atoms with Crippen molar-refractivity contribution >= 4 is 23.2 Å². The summed E-state index contributed by atoms with van der Waals surface area (Å²) < 4.78 is 0. The smallest absolute Gasteiger partial charge is 0.115 e. The van der Waals surface area contributed by atoms with Crippen LogP contribution in [0.15, 0.2) is 42.5 Å². The Kier molecular flexibility index (Phi) is 5.92. The maximum Gasteiger partial charge on any atom is 0.115 e. The lowest BCUT2D eigenvalue weighted by Crippen LogP contribution is -2.26. The van der Waals surface area contributed by atoms with Crippen LogP contribution in [0.1, 0.15) is 24.5 Å². The first-order valence-electron chi connectivity index (χ1n) is 7.00. The van der Waals surface area contributed by atoms with Gasteiger partial charge in [-0.1, -0.05) is 41.4 Å². The molecule has 2 aromatic carbocycles. The third kappa shape index (κ3) is 5.24. The molecule has 0 unspecified atom stereocenters. The molecule has 0 saturated heterocycles. The maximum atomic E-state index is 9.26. The number of benzene rings is 2. The van der Waals surface area contributed by atoms with Crippen LogP contribution in [0.5, 0.6) is 5.75 Å². The summed E-state index contributed by atoms with van der Waals surface area (Å²) >= 11 is 12.0. The summed E-state index contributed by atoms with van der Waals surface area (Å²) in [5, 5.41) is 14.1. The minimum absolute atomic E-state index is 0.308. The van der Waals surface area contributed by atoms with Gasteiger partial charge in [0.2, 0.25) is 0 Å². The topological polar surface area (TPSA) is 32.3 Å². The van der Waals surface area contributed by atoms with E-state index in [-0.39, 0.29) is 0 Å². The summed E-state index contributed by atoms with van der Waals surface area (Å²) in [4.78, 5) is 0. The molecule has 0 aliphatic rings. The van der Waals surface area contributed by atoms with Crippen molar-refractivity contribution in [1.82, 2.24) is 5.32 Å². The number of nitrogens with one attached hydrogen (secondary N) is 1. The van der Waals surface area contributed by atoms with E-state index >= 15 is 0 Å². The molecular formula is C17H19Cl2NO. The van der Waals surface area contributed by atoms with Crippen LogP contribution in [-0.4, -0.2) is 11.1 Å². The van der Waals surface area contributed by atoms with E-state index in [2.05, 4.69) is 12.2 Å². The van der Waals surface area contributed by atoms with Crippen LogP contribution in [0.4, 0.5) is 0 Å². The lowest BCUT2D eigenvalue weighted by atomic mass is 10.1. The molecule has 0 aliphatic heterocycles. The Morgan fingerprint density at radius 1 is 1.10 bits per heavy atom. The third-order valence-corrected chi connectivity index (χ3v) is 4.05. The van der Waals surface area contributed by atoms with Crippen LogP contribution in [-0.2, 0) is 13.0 Å². The number of phenols is 1. The average Bonchev–Trinajstić information content (AvgIpc) is 2.46. The highest BCUT2D eigenvalue weighted by molar-refractivity contribution is 6.35. The Labute approximate surface area is 135 Å². The largest absolute Gasteiger partial charge is 0.508 e. The van der Waals surface area contributed by atoms with Gasteiger partial charge in [0.25, 0.3) is 0 Å². The van der Waals surface area contributed by atoms with Crippen LogP contribution >= 0.6 is 23.2 Å². The molecule has 0 radical (unpaired) electrons. The Morgan fingerprint density at radius 2 is 1.81 bits per heavy atom. The zero-order valence-electron chi connectivity index (χ0n) is 11.9. The minimum Gasteiger partial charge on any atom is -0.508 e. The summed E-state index contributed by atoms with van der Waals surface area (Å²) in [6.45, 7) is 2.89. The predicted molar refractivity (Wildman–Crippen MR) is 89.2 cm³/mol. The number of halogens is 2. The van der Waals surface area contributed by atoms with E-state index in [1.165, 1.54) is 5.56 Å². The summed E-state index contributed by atoms with van der Waals surface area (Å²) in [6.07, 6.45) is 2.00. The van der Waals surface area contributed by atoms with E-state index in [1.54, 1.807) is 18.2 Å². The van der Waals surface area contributed by atoms with Gasteiger partial charge in [0.1, 0.15) is 5.75 Å². The average molecular weight is 324 g/mol. The summed E-state index contributed by atoms with van der Waals surface area (Å²) in [5.74, 6) is 0.308. The zero-order valence-corrected chi connectivity index (χ0v) is 13.5. The molecule has 2 nitrogen and oxygen atoms in total. The Morgan fingerprint density at radius 3 is 2.48 bits per heavy atom. The zero-order chi connectivity index (χ0) is 15.2. The highest BCUT2D eigenvalue weighted by Crippen LogP contribution is 2.21. The number of hydrogen-bond donors (Lipinski definition) is 2. The molecule has 0 heterocycles. The lowest BCUT2D eigenvalue weighted by molar-refractivity contribution is 0.474. The normalized spacial score (nSPS) is 12.3. The number of aryl methyl sites for hydroxylation is 1. The summed E-state index contributed by atoms with van der Waals surface area (Å²) in [5.41, 5.74) is 2.28. The fraction of sp³-hybridized carbons (Fsp3) is 0.294. The molecule has 0 saturated carbocycles. The van der Waals surface area contributed by atoms with Crippen molar-refractivity contribution in [3.05, 3.63) is 63.6 Å². The molecule has 21 heavy (non-hydrogen) atoms. The molecule has 0 fully saturated rings. The van der Waals surface area contributed by atoms with Gasteiger partial charge in [0.05, 0.1) is 0 Å². The highest BCUT2D eigenvalue weighted by atomic mass is 35.5. The number of aromatic hydroxyl groups is 1. The number of hydrogen-bond acceptors (Lipinski definition) is 2. The van der Waals surface area contributed by atoms with E-state index in [0.717, 1.165) is 24.9 Å². The highest BCUT2D eigenvalue weighted by Gasteiger charge is 2.05. The maximum absolute atomic E-state index is 9.26. The molecule has 4 heteroatoms. The molecule has 2 aromatic rings. The van der Waals surface area contributed by atoms with Crippen LogP contribution in [0.2, 0.25) is 10.0 Å². The van der Waals surface area contributed by atoms with Gasteiger partial charge in [-0.25, -0.2) is 0 Å². The standard InChI is InChI=1S/C17H19Cl2NO/c1-12(2-3-13-4-8-16(21)9-5-13)20-11-14-6-7-15(18)10-17(14)19/h4-10,12,20-21H,2-3,11H2,1H3/t12-/m1/s1. The van der Waals surface area contributed by atoms with Crippen molar-refractivity contribution in [1.29, 1.82) is 0 Å². The second kappa shape index (κ2) is 7.69. The second-order valence-electron chi connectivity index (χ2n) is 5.22. The quantitative estimate of drug-likeness (QED) is 0.799. The monoisotopic (exact) mass is 323 g/mol. The van der Waals surface area contributed by atoms with E-state index in [0.29, 0.717) is 21.8 Å². The first kappa shape index (κ1) is 16.2. The van der Waals surface area contributed by atoms with Gasteiger partial charge in [-0.3, -0.25) is 0 Å². The van der Waals surface area contributed by atoms with Gasteiger partial charge in [0, 0.05) is 22.6 Å². The van der Waals surface area contributed by atoms with Gasteiger partial charge in [-0.15, -0.1) is 0 Å². The Balaban J connectivity index is 1.79. The molecular weight excluding hydrogens is 305 g/mol. The Hall–Kier alpha value is -1.22. The van der Waals surface area contributed by atoms with Crippen LogP contribution in [0.25, 0.3) is 0 Å². The minimum atomic E-state index is 0.308. The molecule has 112 valence electrons. The van der Waals surface area contributed by atoms with Gasteiger partial charge in [0.15, 0.2) is 0 Å². The van der Waals surface area contributed by atoms with Crippen molar-refractivity contribution in [2.45, 2.75) is 32.4 Å². The van der Waals surface area contributed by atoms with Crippen molar-refractivity contribution < 1.29 is 5.11 Å². The van der Waals surface area contributed by atoms with Gasteiger partial charge >= 0.3 is 0 Å². The van der Waals surface area contributed by atoms with Gasteiger partial charge in [-0.2, -0.15) is 0 Å². The fourth-order valence-corrected chi connectivity index (χ4v) is 2.57. The van der Waals surface area contributed by atoms with E-state index in [1.807, 2.05) is 24.3 Å². The van der Waals surface area contributed by atoms with Crippen LogP contribution in [0, 0.1) is 0 Å². The summed E-state index contributed by atoms with van der Waals surface area (Å²) in [7, 11) is 0. The van der Waals surface area contributed by atoms with Gasteiger partial charge in [-0.05, 0) is 55.2 Å². The molecule has 2 N–H and O–H groups in total. The predicted octanol–water partition coefficient (Wildman–Crippen LogP) is 4.81. The van der Waals surface area contributed by atoms with Crippen molar-refractivity contribution in [2.24, 2.45) is 0 Å². The number of phenolic OH excluding ortho intramolecular Hbond substituents is 1. The molecule has 0 spiro atoms. The van der Waals surface area contributed by atoms with Gasteiger partial charge < -0.3 is 10.4 Å². The van der Waals surface area contributed by atoms with Crippen LogP contribution in [0.3, 0.4) is 0 Å². The Bertz CT molecular complexity index is 584. The van der Waals surface area contributed by atoms with E-state index in [4.69, 9.17) is 23.2 Å². The first-order chi connectivity index (χ1) is 10.0. The van der Waals surface area contributed by atoms with Crippen LogP contribution < -0.4 is 5.32 Å². The van der Waals surface area contributed by atoms with Crippen molar-refractivity contribution in [2.75, 3.05) is 0 Å². The molecule has 0 aromatic heterocycles. The lowest BCUT2D eigenvalue weighted by Gasteiger charge is -2.14. The van der Waals surface area contributed by atoms with E-state index in [9.17, 15) is 5.11 Å². The van der Waals surface area contributed by atoms with E-state index < -0.39 is 0 Å². The molecule has 0 bridgehead atoms. The first-order valence-corrected chi connectivity index (χ1v) is 7.75.